The summed E-state index contributed by atoms with van der Waals surface area (Å²) in [5.41, 5.74) is -3.51. The van der Waals surface area contributed by atoms with Gasteiger partial charge in [-0.3, -0.25) is 8.98 Å². The molecule has 218 valence electrons. The van der Waals surface area contributed by atoms with Gasteiger partial charge in [-0.1, -0.05) is 20.8 Å². The van der Waals surface area contributed by atoms with Gasteiger partial charge in [-0.2, -0.15) is 8.42 Å². The first-order valence-corrected chi connectivity index (χ1v) is 15.8. The molecule has 0 aromatic heterocycles. The van der Waals surface area contributed by atoms with E-state index in [9.17, 15) is 38.7 Å². The molecule has 0 spiro atoms. The molecule has 0 radical (unpaired) electrons. The van der Waals surface area contributed by atoms with Crippen molar-refractivity contribution in [2.24, 2.45) is 34.5 Å². The maximum atomic E-state index is 13.3. The Morgan fingerprint density at radius 2 is 1.79 bits per heavy atom. The first kappa shape index (κ1) is 30.1. The van der Waals surface area contributed by atoms with Crippen molar-refractivity contribution in [3.8, 4) is 0 Å². The molecule has 0 bridgehead atoms. The van der Waals surface area contributed by atoms with Crippen molar-refractivity contribution in [1.29, 1.82) is 0 Å². The van der Waals surface area contributed by atoms with Crippen LogP contribution >= 0.6 is 0 Å². The van der Waals surface area contributed by atoms with Crippen LogP contribution in [0.15, 0.2) is 11.6 Å². The molecular formula is C28H46O9S. The highest BCUT2D eigenvalue weighted by Crippen LogP contribution is 2.68. The summed E-state index contributed by atoms with van der Waals surface area (Å²) in [6, 6.07) is 0. The predicted molar refractivity (Wildman–Crippen MR) is 140 cm³/mol. The Morgan fingerprint density at radius 3 is 2.42 bits per heavy atom. The monoisotopic (exact) mass is 558 g/mol. The Hall–Kier alpha value is -0.880. The van der Waals surface area contributed by atoms with Gasteiger partial charge in [0.25, 0.3) is 10.1 Å². The maximum Gasteiger partial charge on any atom is 0.264 e. The molecule has 0 saturated heterocycles. The Labute approximate surface area is 226 Å². The van der Waals surface area contributed by atoms with E-state index >= 15 is 0 Å². The van der Waals surface area contributed by atoms with Gasteiger partial charge in [0, 0.05) is 11.3 Å². The Bertz CT molecular complexity index is 1070. The van der Waals surface area contributed by atoms with Crippen molar-refractivity contribution in [3.05, 3.63) is 11.6 Å². The Kier molecular flexibility index (Phi) is 7.83. The third-order valence-electron chi connectivity index (χ3n) is 11.0. The predicted octanol–water partition coefficient (Wildman–Crippen LogP) is 1.70. The van der Waals surface area contributed by atoms with Gasteiger partial charge in [-0.15, -0.1) is 0 Å². The van der Waals surface area contributed by atoms with Gasteiger partial charge in [-0.25, -0.2) is 0 Å². The van der Waals surface area contributed by atoms with Crippen LogP contribution in [-0.2, 0) is 19.1 Å². The number of fused-ring (bicyclic) bond motifs is 5. The molecular weight excluding hydrogens is 512 g/mol. The van der Waals surface area contributed by atoms with E-state index in [1.165, 1.54) is 0 Å². The van der Waals surface area contributed by atoms with Crippen LogP contribution in [0.5, 0.6) is 0 Å². The van der Waals surface area contributed by atoms with Crippen LogP contribution in [0.2, 0.25) is 0 Å². The molecule has 9 nitrogen and oxygen atoms in total. The fourth-order valence-electron chi connectivity index (χ4n) is 8.60. The highest BCUT2D eigenvalue weighted by atomic mass is 32.2. The summed E-state index contributed by atoms with van der Waals surface area (Å²) in [6.45, 7) is 7.38. The summed E-state index contributed by atoms with van der Waals surface area (Å²) >= 11 is 0. The second-order valence-corrected chi connectivity index (χ2v) is 15.2. The molecule has 0 aliphatic heterocycles. The molecule has 0 aromatic rings. The second kappa shape index (κ2) is 9.89. The van der Waals surface area contributed by atoms with Crippen molar-refractivity contribution in [1.82, 2.24) is 0 Å². The average molecular weight is 559 g/mol. The van der Waals surface area contributed by atoms with Gasteiger partial charge in [-0.05, 0) is 93.1 Å². The number of carbonyl (C=O) groups excluding carboxylic acids is 1. The summed E-state index contributed by atoms with van der Waals surface area (Å²) in [7, 11) is -3.55. The van der Waals surface area contributed by atoms with Crippen LogP contribution in [0.25, 0.3) is 0 Å². The number of carbonyl (C=O) groups is 1. The molecule has 0 amide bonds. The van der Waals surface area contributed by atoms with Crippen molar-refractivity contribution in [3.63, 3.8) is 0 Å². The molecule has 4 aliphatic carbocycles. The number of ketones is 1. The third-order valence-corrected chi connectivity index (χ3v) is 11.6. The number of allylic oxidation sites excluding steroid dienone is 1. The van der Waals surface area contributed by atoms with E-state index < -0.39 is 62.3 Å². The number of aliphatic hydroxyl groups excluding tert-OH is 3. The van der Waals surface area contributed by atoms with Crippen LogP contribution in [0.3, 0.4) is 0 Å². The molecule has 0 aromatic carbocycles. The fraction of sp³-hybridized carbons (Fsp3) is 0.893. The van der Waals surface area contributed by atoms with E-state index in [0.29, 0.717) is 44.1 Å². The minimum absolute atomic E-state index is 0.00362. The molecule has 5 N–H and O–H groups in total. The van der Waals surface area contributed by atoms with Gasteiger partial charge in [0.15, 0.2) is 5.78 Å². The van der Waals surface area contributed by atoms with Gasteiger partial charge in [0.2, 0.25) is 0 Å². The Balaban J connectivity index is 1.55. The highest BCUT2D eigenvalue weighted by molar-refractivity contribution is 7.85. The third kappa shape index (κ3) is 4.82. The van der Waals surface area contributed by atoms with Gasteiger partial charge in [0.05, 0.1) is 42.4 Å². The summed E-state index contributed by atoms with van der Waals surface area (Å²) in [6.07, 6.45) is 2.94. The van der Waals surface area contributed by atoms with Crippen LogP contribution in [0.4, 0.5) is 0 Å². The molecule has 3 saturated carbocycles. The van der Waals surface area contributed by atoms with Crippen molar-refractivity contribution < 1.29 is 42.9 Å². The zero-order valence-electron chi connectivity index (χ0n) is 23.3. The number of aliphatic hydroxyl groups is 5. The van der Waals surface area contributed by atoms with Crippen LogP contribution < -0.4 is 0 Å². The lowest BCUT2D eigenvalue weighted by Crippen LogP contribution is -2.62. The van der Waals surface area contributed by atoms with E-state index in [4.69, 9.17) is 4.18 Å². The topological polar surface area (TPSA) is 162 Å². The standard InChI is InChI=1S/C28H46O9S/c1-16(15-37-38(5,35)36)6-7-24(32)27(4,33)23-9-11-28(34)18-12-20(29)19-13-21(30)22(31)14-25(19,2)17(18)8-10-26(23,28)3/h12,16-17,19,21-24,30-34H,6-11,13-15H2,1-5H3/t16?,17?,19-,21+,22-,23-,24+,25+,26+,27+,28+/m0/s1. The molecule has 11 atom stereocenters. The zero-order chi connectivity index (χ0) is 28.5. The van der Waals surface area contributed by atoms with E-state index in [2.05, 4.69) is 0 Å². The minimum Gasteiger partial charge on any atom is -0.390 e. The van der Waals surface area contributed by atoms with Gasteiger partial charge in [0.1, 0.15) is 0 Å². The smallest absolute Gasteiger partial charge is 0.264 e. The van der Waals surface area contributed by atoms with Crippen LogP contribution in [-0.4, -0.2) is 82.1 Å². The first-order chi connectivity index (χ1) is 17.4. The van der Waals surface area contributed by atoms with Crippen molar-refractivity contribution in [2.45, 2.75) is 109 Å². The lowest BCUT2D eigenvalue weighted by molar-refractivity contribution is -0.176. The maximum absolute atomic E-state index is 13.3. The summed E-state index contributed by atoms with van der Waals surface area (Å²) < 4.78 is 27.4. The number of rotatable bonds is 8. The summed E-state index contributed by atoms with van der Waals surface area (Å²) in [5, 5.41) is 55.8. The fourth-order valence-corrected chi connectivity index (χ4v) is 9.08. The SMILES string of the molecule is CC(CC[C@@H](O)[C@](C)(O)[C@H]1CC[C@@]2(O)C3=CC(=O)[C@@H]4C[C@@H](O)[C@@H](O)C[C@]4(C)C3CC[C@]12C)COS(C)(=O)=O. The largest absolute Gasteiger partial charge is 0.390 e. The molecule has 10 heteroatoms. The molecule has 4 rings (SSSR count). The van der Waals surface area contributed by atoms with Crippen molar-refractivity contribution in [2.75, 3.05) is 12.9 Å². The lowest BCUT2D eigenvalue weighted by atomic mass is 9.45. The van der Waals surface area contributed by atoms with Crippen LogP contribution in [0, 0.1) is 34.5 Å². The molecule has 0 heterocycles. The normalized spacial score (nSPS) is 44.3. The molecule has 2 unspecified atom stereocenters. The molecule has 38 heavy (non-hydrogen) atoms. The van der Waals surface area contributed by atoms with Crippen molar-refractivity contribution >= 4 is 15.9 Å². The van der Waals surface area contributed by atoms with Gasteiger partial charge >= 0.3 is 0 Å². The Morgan fingerprint density at radius 1 is 1.13 bits per heavy atom. The van der Waals surface area contributed by atoms with E-state index in [0.717, 1.165) is 6.26 Å². The molecule has 3 fully saturated rings. The van der Waals surface area contributed by atoms with Crippen LogP contribution in [0.1, 0.15) is 79.1 Å². The quantitative estimate of drug-likeness (QED) is 0.279. The van der Waals surface area contributed by atoms with E-state index in [1.54, 1.807) is 13.0 Å². The second-order valence-electron chi connectivity index (χ2n) is 13.5. The lowest BCUT2D eigenvalue weighted by Gasteiger charge is -2.60. The summed E-state index contributed by atoms with van der Waals surface area (Å²) in [5.74, 6) is -1.21. The summed E-state index contributed by atoms with van der Waals surface area (Å²) in [4.78, 5) is 13.3. The van der Waals surface area contributed by atoms with E-state index in [1.807, 2.05) is 20.8 Å². The average Bonchev–Trinajstić information content (AvgIpc) is 3.09. The van der Waals surface area contributed by atoms with E-state index in [-0.39, 0.29) is 37.1 Å². The minimum atomic E-state index is -3.55. The highest BCUT2D eigenvalue weighted by Gasteiger charge is 2.69. The van der Waals surface area contributed by atoms with Gasteiger partial charge < -0.3 is 25.5 Å². The first-order valence-electron chi connectivity index (χ1n) is 14.0. The molecule has 4 aliphatic rings. The number of hydrogen-bond donors (Lipinski definition) is 5. The number of hydrogen-bond acceptors (Lipinski definition) is 9. The zero-order valence-corrected chi connectivity index (χ0v) is 24.1.